The molecule has 0 spiro atoms. The van der Waals surface area contributed by atoms with Crippen LogP contribution in [0.5, 0.6) is 0 Å². The molecule has 17 heavy (non-hydrogen) atoms. The normalized spacial score (nSPS) is 16.8. The van der Waals surface area contributed by atoms with Crippen LogP contribution >= 0.6 is 0 Å². The van der Waals surface area contributed by atoms with E-state index in [1.807, 2.05) is 0 Å². The Bertz CT molecular complexity index is 470. The van der Waals surface area contributed by atoms with Crippen LogP contribution in [0.3, 0.4) is 0 Å². The van der Waals surface area contributed by atoms with Crippen LogP contribution < -0.4 is 11.1 Å². The van der Waals surface area contributed by atoms with Crippen LogP contribution in [0.25, 0.3) is 0 Å². The summed E-state index contributed by atoms with van der Waals surface area (Å²) < 4.78 is 0. The summed E-state index contributed by atoms with van der Waals surface area (Å²) in [6, 6.07) is -0.433. The molecule has 2 aliphatic carbocycles. The zero-order valence-electron chi connectivity index (χ0n) is 10.2. The number of carbonyl (C=O) groups is 1. The molecule has 0 atom stereocenters. The van der Waals surface area contributed by atoms with Gasteiger partial charge in [-0.05, 0) is 73.3 Å². The molecule has 2 amide bonds. The first-order valence-electron chi connectivity index (χ1n) is 6.41. The summed E-state index contributed by atoms with van der Waals surface area (Å²) in [4.78, 5) is 11.2. The quantitative estimate of drug-likeness (QED) is 0.765. The lowest BCUT2D eigenvalue weighted by atomic mass is 9.93. The number of primary amides is 1. The third kappa shape index (κ3) is 1.53. The molecule has 3 nitrogen and oxygen atoms in total. The highest BCUT2D eigenvalue weighted by atomic mass is 16.2. The van der Waals surface area contributed by atoms with E-state index in [-0.39, 0.29) is 0 Å². The molecule has 0 heterocycles. The molecule has 0 fully saturated rings. The van der Waals surface area contributed by atoms with Crippen molar-refractivity contribution in [1.82, 2.24) is 0 Å². The van der Waals surface area contributed by atoms with Crippen molar-refractivity contribution in [2.24, 2.45) is 5.73 Å². The van der Waals surface area contributed by atoms with E-state index in [0.717, 1.165) is 31.4 Å². The molecule has 3 rings (SSSR count). The van der Waals surface area contributed by atoms with Crippen molar-refractivity contribution in [3.05, 3.63) is 27.8 Å². The molecule has 0 unspecified atom stereocenters. The number of rotatable bonds is 1. The van der Waals surface area contributed by atoms with Gasteiger partial charge in [-0.25, -0.2) is 4.79 Å². The topological polar surface area (TPSA) is 55.1 Å². The van der Waals surface area contributed by atoms with Gasteiger partial charge in [0.2, 0.25) is 0 Å². The number of nitrogens with one attached hydrogen (secondary N) is 1. The smallest absolute Gasteiger partial charge is 0.316 e. The number of carbonyl (C=O) groups excluding carboxylic acids is 1. The maximum absolute atomic E-state index is 11.2. The van der Waals surface area contributed by atoms with E-state index in [0.29, 0.717) is 0 Å². The molecule has 1 aromatic carbocycles. The fourth-order valence-electron chi connectivity index (χ4n) is 3.51. The van der Waals surface area contributed by atoms with Crippen LogP contribution in [0.15, 0.2) is 0 Å². The van der Waals surface area contributed by atoms with Crippen LogP contribution in [-0.4, -0.2) is 6.03 Å². The van der Waals surface area contributed by atoms with E-state index in [2.05, 4.69) is 12.2 Å². The Morgan fingerprint density at radius 2 is 1.47 bits per heavy atom. The number of amides is 2. The lowest BCUT2D eigenvalue weighted by Gasteiger charge is -2.18. The van der Waals surface area contributed by atoms with E-state index in [1.54, 1.807) is 0 Å². The minimum Gasteiger partial charge on any atom is -0.351 e. The summed E-state index contributed by atoms with van der Waals surface area (Å²) in [6.45, 7) is 2.24. The fraction of sp³-hybridized carbons (Fsp3) is 0.500. The number of hydrogen-bond donors (Lipinski definition) is 2. The summed E-state index contributed by atoms with van der Waals surface area (Å²) in [5.41, 5.74) is 13.4. The second kappa shape index (κ2) is 3.76. The van der Waals surface area contributed by atoms with Crippen molar-refractivity contribution in [1.29, 1.82) is 0 Å². The maximum atomic E-state index is 11.2. The van der Waals surface area contributed by atoms with Gasteiger partial charge in [-0.1, -0.05) is 0 Å². The van der Waals surface area contributed by atoms with Gasteiger partial charge in [0.05, 0.1) is 0 Å². The Morgan fingerprint density at radius 3 is 1.94 bits per heavy atom. The van der Waals surface area contributed by atoms with Crippen LogP contribution in [0.4, 0.5) is 10.5 Å². The van der Waals surface area contributed by atoms with Crippen molar-refractivity contribution in [2.75, 3.05) is 5.32 Å². The minimum atomic E-state index is -0.433. The molecule has 0 radical (unpaired) electrons. The highest BCUT2D eigenvalue weighted by Gasteiger charge is 2.27. The van der Waals surface area contributed by atoms with Gasteiger partial charge >= 0.3 is 6.03 Å². The summed E-state index contributed by atoms with van der Waals surface area (Å²) in [5.74, 6) is 0. The first-order chi connectivity index (χ1) is 8.18. The van der Waals surface area contributed by atoms with Crippen LogP contribution in [-0.2, 0) is 25.7 Å². The van der Waals surface area contributed by atoms with Gasteiger partial charge in [-0.15, -0.1) is 0 Å². The monoisotopic (exact) mass is 230 g/mol. The van der Waals surface area contributed by atoms with E-state index in [9.17, 15) is 4.79 Å². The summed E-state index contributed by atoms with van der Waals surface area (Å²) in [6.07, 6.45) is 6.88. The van der Waals surface area contributed by atoms with Gasteiger partial charge in [-0.2, -0.15) is 0 Å². The lowest BCUT2D eigenvalue weighted by molar-refractivity contribution is 0.259. The Balaban J connectivity index is 2.22. The van der Waals surface area contributed by atoms with E-state index in [1.165, 1.54) is 40.7 Å². The summed E-state index contributed by atoms with van der Waals surface area (Å²) >= 11 is 0. The second-order valence-electron chi connectivity index (χ2n) is 5.11. The minimum absolute atomic E-state index is 0.433. The third-order valence-corrected chi connectivity index (χ3v) is 4.19. The molecule has 1 aromatic rings. The van der Waals surface area contributed by atoms with Crippen molar-refractivity contribution in [2.45, 2.75) is 45.4 Å². The highest BCUT2D eigenvalue weighted by molar-refractivity contribution is 5.91. The highest BCUT2D eigenvalue weighted by Crippen LogP contribution is 2.41. The SMILES string of the molecule is Cc1c2c(c(NC(N)=O)c3c1CCC3)CCC2. The Morgan fingerprint density at radius 1 is 1.00 bits per heavy atom. The molecule has 0 bridgehead atoms. The number of benzene rings is 1. The van der Waals surface area contributed by atoms with E-state index >= 15 is 0 Å². The number of urea groups is 1. The molecule has 0 aliphatic heterocycles. The Kier molecular flexibility index (Phi) is 2.35. The van der Waals surface area contributed by atoms with Gasteiger partial charge in [-0.3, -0.25) is 0 Å². The largest absolute Gasteiger partial charge is 0.351 e. The van der Waals surface area contributed by atoms with Crippen molar-refractivity contribution in [3.8, 4) is 0 Å². The first-order valence-corrected chi connectivity index (χ1v) is 6.41. The predicted octanol–water partition coefficient (Wildman–Crippen LogP) is 2.46. The molecule has 3 N–H and O–H groups in total. The molecule has 0 aromatic heterocycles. The predicted molar refractivity (Wildman–Crippen MR) is 68.4 cm³/mol. The van der Waals surface area contributed by atoms with Crippen molar-refractivity contribution >= 4 is 11.7 Å². The van der Waals surface area contributed by atoms with Crippen molar-refractivity contribution < 1.29 is 4.79 Å². The van der Waals surface area contributed by atoms with E-state index < -0.39 is 6.03 Å². The molecular weight excluding hydrogens is 212 g/mol. The van der Waals surface area contributed by atoms with Crippen LogP contribution in [0.2, 0.25) is 0 Å². The summed E-state index contributed by atoms with van der Waals surface area (Å²) in [7, 11) is 0. The number of anilines is 1. The molecule has 90 valence electrons. The standard InChI is InChI=1S/C14H18N2O/c1-8-9-4-2-6-11(9)13(16-14(15)17)12-7-3-5-10(8)12/h2-7H2,1H3,(H3,15,16,17). The molecule has 2 aliphatic rings. The average molecular weight is 230 g/mol. The van der Waals surface area contributed by atoms with Gasteiger partial charge in [0.15, 0.2) is 0 Å². The Hall–Kier alpha value is -1.51. The fourth-order valence-corrected chi connectivity index (χ4v) is 3.51. The van der Waals surface area contributed by atoms with E-state index in [4.69, 9.17) is 5.73 Å². The second-order valence-corrected chi connectivity index (χ2v) is 5.11. The number of nitrogens with two attached hydrogens (primary N) is 1. The lowest BCUT2D eigenvalue weighted by Crippen LogP contribution is -2.21. The number of fused-ring (bicyclic) bond motifs is 2. The first kappa shape index (κ1) is 10.6. The molecule has 3 heteroatoms. The third-order valence-electron chi connectivity index (χ3n) is 4.19. The van der Waals surface area contributed by atoms with Crippen molar-refractivity contribution in [3.63, 3.8) is 0 Å². The average Bonchev–Trinajstić information content (AvgIpc) is 2.92. The zero-order valence-corrected chi connectivity index (χ0v) is 10.2. The summed E-state index contributed by atoms with van der Waals surface area (Å²) in [5, 5.41) is 2.87. The molecule has 0 saturated heterocycles. The van der Waals surface area contributed by atoms with Gasteiger partial charge in [0.1, 0.15) is 0 Å². The molecular formula is C14H18N2O. The van der Waals surface area contributed by atoms with Crippen LogP contribution in [0, 0.1) is 6.92 Å². The van der Waals surface area contributed by atoms with Gasteiger partial charge in [0, 0.05) is 5.69 Å². The number of hydrogen-bond acceptors (Lipinski definition) is 1. The van der Waals surface area contributed by atoms with Crippen LogP contribution in [0.1, 0.15) is 40.7 Å². The Labute approximate surface area is 101 Å². The maximum Gasteiger partial charge on any atom is 0.316 e. The van der Waals surface area contributed by atoms with Gasteiger partial charge < -0.3 is 11.1 Å². The molecule has 0 saturated carbocycles. The zero-order chi connectivity index (χ0) is 12.0. The van der Waals surface area contributed by atoms with Gasteiger partial charge in [0.25, 0.3) is 0 Å².